The number of hydrogen-bond acceptors (Lipinski definition) is 2. The monoisotopic (exact) mass is 332 g/mol. The number of fused-ring (bicyclic) bond motifs is 2. The van der Waals surface area contributed by atoms with Gasteiger partial charge in [-0.25, -0.2) is 9.18 Å². The van der Waals surface area contributed by atoms with Gasteiger partial charge in [-0.05, 0) is 41.1 Å². The van der Waals surface area contributed by atoms with Gasteiger partial charge in [0, 0.05) is 16.4 Å². The number of hydrogen-bond donors (Lipinski definition) is 1. The van der Waals surface area contributed by atoms with Crippen molar-refractivity contribution in [2.24, 2.45) is 0 Å². The van der Waals surface area contributed by atoms with Crippen LogP contribution in [0.5, 0.6) is 11.5 Å². The molecule has 1 N–H and O–H groups in total. The summed E-state index contributed by atoms with van der Waals surface area (Å²) < 4.78 is 19.8. The Hall–Kier alpha value is -3.40. The fourth-order valence-electron chi connectivity index (χ4n) is 3.09. The van der Waals surface area contributed by atoms with Crippen LogP contribution in [0.1, 0.15) is 21.5 Å². The van der Waals surface area contributed by atoms with E-state index in [9.17, 15) is 14.3 Å². The first-order valence-corrected chi connectivity index (χ1v) is 7.68. The first kappa shape index (κ1) is 15.1. The Morgan fingerprint density at radius 1 is 0.960 bits per heavy atom. The molecule has 1 aliphatic rings. The van der Waals surface area contributed by atoms with E-state index >= 15 is 0 Å². The number of carbonyl (C=O) groups is 1. The quantitative estimate of drug-likeness (QED) is 0.613. The molecule has 0 saturated carbocycles. The summed E-state index contributed by atoms with van der Waals surface area (Å²) in [6.45, 7) is 3.90. The minimum absolute atomic E-state index is 0.152. The SMILES string of the molecule is C=c1ccc2c(c1)Oc1ccc(F)cc1C=2c1ccccc1C(=O)O. The van der Waals surface area contributed by atoms with Gasteiger partial charge >= 0.3 is 5.97 Å². The summed E-state index contributed by atoms with van der Waals surface area (Å²) in [5, 5.41) is 11.0. The highest BCUT2D eigenvalue weighted by Crippen LogP contribution is 2.37. The molecule has 0 amide bonds. The summed E-state index contributed by atoms with van der Waals surface area (Å²) in [5.74, 6) is -0.399. The second kappa shape index (κ2) is 5.60. The zero-order valence-electron chi connectivity index (χ0n) is 13.1. The minimum Gasteiger partial charge on any atom is -0.478 e. The number of rotatable bonds is 2. The average Bonchev–Trinajstić information content (AvgIpc) is 2.60. The third-order valence-corrected chi connectivity index (χ3v) is 4.17. The lowest BCUT2D eigenvalue weighted by Crippen LogP contribution is -2.20. The zero-order valence-corrected chi connectivity index (χ0v) is 13.1. The summed E-state index contributed by atoms with van der Waals surface area (Å²) in [7, 11) is 0. The van der Waals surface area contributed by atoms with Crippen LogP contribution >= 0.6 is 0 Å². The van der Waals surface area contributed by atoms with Crippen LogP contribution in [0.25, 0.3) is 12.2 Å². The van der Waals surface area contributed by atoms with Gasteiger partial charge in [-0.2, -0.15) is 0 Å². The highest BCUT2D eigenvalue weighted by molar-refractivity contribution is 5.98. The molecule has 0 unspecified atom stereocenters. The molecule has 25 heavy (non-hydrogen) atoms. The predicted octanol–water partition coefficient (Wildman–Crippen LogP) is 3.29. The van der Waals surface area contributed by atoms with E-state index in [2.05, 4.69) is 6.58 Å². The van der Waals surface area contributed by atoms with E-state index in [0.29, 0.717) is 33.4 Å². The van der Waals surface area contributed by atoms with E-state index in [-0.39, 0.29) is 5.56 Å². The highest BCUT2D eigenvalue weighted by Gasteiger charge is 2.23. The first-order chi connectivity index (χ1) is 12.0. The van der Waals surface area contributed by atoms with E-state index < -0.39 is 11.8 Å². The van der Waals surface area contributed by atoms with Crippen molar-refractivity contribution in [3.05, 3.63) is 93.6 Å². The number of halogens is 1. The Morgan fingerprint density at radius 3 is 2.56 bits per heavy atom. The molecule has 1 heterocycles. The van der Waals surface area contributed by atoms with Crippen molar-refractivity contribution in [2.75, 3.05) is 0 Å². The fourth-order valence-corrected chi connectivity index (χ4v) is 3.09. The summed E-state index contributed by atoms with van der Waals surface area (Å²) in [5.41, 5.74) is 1.83. The zero-order chi connectivity index (χ0) is 17.6. The van der Waals surface area contributed by atoms with E-state index in [1.165, 1.54) is 18.2 Å². The van der Waals surface area contributed by atoms with E-state index in [1.807, 2.05) is 12.1 Å². The Kier molecular flexibility index (Phi) is 3.39. The fraction of sp³-hybridized carbons (Fsp3) is 0. The normalized spacial score (nSPS) is 12.1. The lowest BCUT2D eigenvalue weighted by Gasteiger charge is -2.22. The molecule has 3 aromatic carbocycles. The molecule has 0 aliphatic carbocycles. The summed E-state index contributed by atoms with van der Waals surface area (Å²) >= 11 is 0. The van der Waals surface area contributed by atoms with Crippen molar-refractivity contribution >= 4 is 18.1 Å². The Bertz CT molecular complexity index is 1130. The van der Waals surface area contributed by atoms with Crippen molar-refractivity contribution in [2.45, 2.75) is 0 Å². The number of ether oxygens (including phenoxy) is 1. The molecule has 4 heteroatoms. The molecule has 3 aromatic rings. The molecular weight excluding hydrogens is 319 g/mol. The maximum atomic E-state index is 13.9. The molecule has 0 fully saturated rings. The van der Waals surface area contributed by atoms with E-state index in [0.717, 1.165) is 5.22 Å². The van der Waals surface area contributed by atoms with Gasteiger partial charge in [-0.15, -0.1) is 0 Å². The van der Waals surface area contributed by atoms with Gasteiger partial charge in [0.1, 0.15) is 17.3 Å². The third kappa shape index (κ3) is 2.48. The van der Waals surface area contributed by atoms with Crippen LogP contribution in [0.2, 0.25) is 0 Å². The second-order valence-electron chi connectivity index (χ2n) is 5.80. The van der Waals surface area contributed by atoms with Crippen LogP contribution in [0, 0.1) is 5.82 Å². The topological polar surface area (TPSA) is 46.5 Å². The Balaban J connectivity index is 2.18. The van der Waals surface area contributed by atoms with Crippen LogP contribution < -0.4 is 15.2 Å². The standard InChI is InChI=1S/C21H13FO3/c1-12-6-8-16-19(10-12)25-18-9-7-13(22)11-17(18)20(16)14-4-2-3-5-15(14)21(23)24/h2-11H,1H2,(H,23,24). The molecule has 122 valence electrons. The van der Waals surface area contributed by atoms with Crippen molar-refractivity contribution in [3.8, 4) is 11.5 Å². The summed E-state index contributed by atoms with van der Waals surface area (Å²) in [6.07, 6.45) is 0. The molecule has 1 aliphatic heterocycles. The molecular formula is C21H13FO3. The lowest BCUT2D eigenvalue weighted by atomic mass is 9.89. The van der Waals surface area contributed by atoms with Crippen molar-refractivity contribution in [1.29, 1.82) is 0 Å². The van der Waals surface area contributed by atoms with Gasteiger partial charge in [0.2, 0.25) is 0 Å². The van der Waals surface area contributed by atoms with Gasteiger partial charge < -0.3 is 9.84 Å². The maximum absolute atomic E-state index is 13.9. The lowest BCUT2D eigenvalue weighted by molar-refractivity contribution is 0.0696. The molecule has 0 atom stereocenters. The molecule has 0 saturated heterocycles. The van der Waals surface area contributed by atoms with Gasteiger partial charge in [0.05, 0.1) is 5.56 Å². The molecule has 4 rings (SSSR count). The van der Waals surface area contributed by atoms with Crippen LogP contribution in [0.4, 0.5) is 4.39 Å². The molecule has 0 spiro atoms. The van der Waals surface area contributed by atoms with Crippen LogP contribution in [0.3, 0.4) is 0 Å². The Labute approximate surface area is 142 Å². The number of aromatic carboxylic acids is 1. The molecule has 0 aromatic heterocycles. The largest absolute Gasteiger partial charge is 0.478 e. The maximum Gasteiger partial charge on any atom is 0.336 e. The molecule has 0 radical (unpaired) electrons. The molecule has 3 nitrogen and oxygen atoms in total. The summed E-state index contributed by atoms with van der Waals surface area (Å²) in [4.78, 5) is 11.7. The predicted molar refractivity (Wildman–Crippen MR) is 92.7 cm³/mol. The van der Waals surface area contributed by atoms with Gasteiger partial charge in [-0.3, -0.25) is 0 Å². The van der Waals surface area contributed by atoms with Crippen molar-refractivity contribution < 1.29 is 19.0 Å². The first-order valence-electron chi connectivity index (χ1n) is 7.68. The smallest absolute Gasteiger partial charge is 0.336 e. The minimum atomic E-state index is -1.04. The summed E-state index contributed by atoms with van der Waals surface area (Å²) in [6, 6.07) is 16.3. The third-order valence-electron chi connectivity index (χ3n) is 4.17. The van der Waals surface area contributed by atoms with E-state index in [4.69, 9.17) is 4.74 Å². The Morgan fingerprint density at radius 2 is 1.76 bits per heavy atom. The average molecular weight is 332 g/mol. The van der Waals surface area contributed by atoms with Gasteiger partial charge in [-0.1, -0.05) is 36.9 Å². The second-order valence-corrected chi connectivity index (χ2v) is 5.80. The number of carboxylic acid groups (broad SMARTS) is 1. The van der Waals surface area contributed by atoms with Crippen molar-refractivity contribution in [3.63, 3.8) is 0 Å². The van der Waals surface area contributed by atoms with Crippen LogP contribution in [-0.4, -0.2) is 11.1 Å². The van der Waals surface area contributed by atoms with Gasteiger partial charge in [0.25, 0.3) is 0 Å². The number of carboxylic acids is 1. The number of benzene rings is 3. The van der Waals surface area contributed by atoms with Crippen molar-refractivity contribution in [1.82, 2.24) is 0 Å². The van der Waals surface area contributed by atoms with E-state index in [1.54, 1.807) is 30.3 Å². The van der Waals surface area contributed by atoms with Crippen LogP contribution in [-0.2, 0) is 0 Å². The van der Waals surface area contributed by atoms with Crippen LogP contribution in [0.15, 0.2) is 60.7 Å². The van der Waals surface area contributed by atoms with Gasteiger partial charge in [0.15, 0.2) is 0 Å². The highest BCUT2D eigenvalue weighted by atomic mass is 19.1. The molecule has 0 bridgehead atoms.